The Balaban J connectivity index is 1.59. The Labute approximate surface area is 146 Å². The van der Waals surface area contributed by atoms with Gasteiger partial charge in [-0.1, -0.05) is 44.8 Å². The monoisotopic (exact) mass is 333 g/mol. The highest BCUT2D eigenvalue weighted by Gasteiger charge is 2.24. The molecule has 2 aliphatic rings. The predicted octanol–water partition coefficient (Wildman–Crippen LogP) is 6.10. The maximum atomic E-state index is 12.7. The fraction of sp³-hybridized carbons (Fsp3) is 0.762. The zero-order valence-corrected chi connectivity index (χ0v) is 15.1. The van der Waals surface area contributed by atoms with Crippen LogP contribution in [0.15, 0.2) is 24.1 Å². The lowest BCUT2D eigenvalue weighted by molar-refractivity contribution is -0.00659. The molecular formula is C21H32FNO. The maximum absolute atomic E-state index is 12.7. The van der Waals surface area contributed by atoms with Gasteiger partial charge in [-0.2, -0.15) is 9.65 Å². The summed E-state index contributed by atoms with van der Waals surface area (Å²) in [6, 6.07) is 1.49. The van der Waals surface area contributed by atoms with Gasteiger partial charge >= 0.3 is 0 Å². The Hall–Kier alpha value is -1.14. The van der Waals surface area contributed by atoms with Crippen molar-refractivity contribution in [2.24, 2.45) is 17.8 Å². The van der Waals surface area contributed by atoms with Crippen molar-refractivity contribution < 1.29 is 9.13 Å². The van der Waals surface area contributed by atoms with E-state index in [0.29, 0.717) is 12.0 Å². The van der Waals surface area contributed by atoms with Crippen LogP contribution in [0.5, 0.6) is 0 Å². The molecule has 0 aromatic rings. The molecule has 0 radical (unpaired) electrons. The Kier molecular flexibility index (Phi) is 8.53. The molecule has 0 saturated heterocycles. The van der Waals surface area contributed by atoms with Crippen molar-refractivity contribution in [2.45, 2.75) is 77.2 Å². The van der Waals surface area contributed by atoms with Crippen molar-refractivity contribution in [1.29, 1.82) is 5.26 Å². The molecule has 2 fully saturated rings. The third kappa shape index (κ3) is 6.77. The normalized spacial score (nSPS) is 32.0. The van der Waals surface area contributed by atoms with Gasteiger partial charge in [-0.25, -0.2) is 0 Å². The molecule has 0 unspecified atom stereocenters. The average molecular weight is 333 g/mol. The molecule has 3 heteroatoms. The van der Waals surface area contributed by atoms with Gasteiger partial charge in [0, 0.05) is 6.61 Å². The molecule has 2 saturated carbocycles. The van der Waals surface area contributed by atoms with Gasteiger partial charge < -0.3 is 4.74 Å². The molecule has 0 aromatic carbocycles. The average Bonchev–Trinajstić information content (AvgIpc) is 2.62. The minimum Gasteiger partial charge on any atom is -0.378 e. The Morgan fingerprint density at radius 1 is 1.08 bits per heavy atom. The first-order valence-corrected chi connectivity index (χ1v) is 9.77. The van der Waals surface area contributed by atoms with Gasteiger partial charge in [0.15, 0.2) is 5.83 Å². The van der Waals surface area contributed by atoms with Crippen LogP contribution in [-0.2, 0) is 4.74 Å². The molecular weight excluding hydrogens is 301 g/mol. The quantitative estimate of drug-likeness (QED) is 0.416. The highest BCUT2D eigenvalue weighted by atomic mass is 19.1. The summed E-state index contributed by atoms with van der Waals surface area (Å²) < 4.78 is 18.9. The van der Waals surface area contributed by atoms with Crippen LogP contribution >= 0.6 is 0 Å². The third-order valence-corrected chi connectivity index (χ3v) is 5.68. The number of halogens is 1. The zero-order chi connectivity index (χ0) is 17.2. The lowest BCUT2D eigenvalue weighted by Gasteiger charge is -2.31. The summed E-state index contributed by atoms with van der Waals surface area (Å²) in [5, 5.41) is 8.37. The molecule has 0 spiro atoms. The second-order valence-electron chi connectivity index (χ2n) is 7.56. The molecule has 0 bridgehead atoms. The van der Waals surface area contributed by atoms with Gasteiger partial charge in [0.05, 0.1) is 6.10 Å². The van der Waals surface area contributed by atoms with E-state index in [9.17, 15) is 4.39 Å². The molecule has 0 amide bonds. The molecule has 0 aliphatic heterocycles. The van der Waals surface area contributed by atoms with Gasteiger partial charge in [0.1, 0.15) is 6.07 Å². The number of ether oxygens (including phenoxy) is 1. The molecule has 2 nitrogen and oxygen atoms in total. The van der Waals surface area contributed by atoms with Gasteiger partial charge in [-0.15, -0.1) is 0 Å². The van der Waals surface area contributed by atoms with E-state index in [2.05, 4.69) is 6.92 Å². The summed E-state index contributed by atoms with van der Waals surface area (Å²) >= 11 is 0. The van der Waals surface area contributed by atoms with Crippen LogP contribution in [0, 0.1) is 29.1 Å². The first kappa shape index (κ1) is 19.2. The number of nitriles is 1. The Morgan fingerprint density at radius 2 is 1.75 bits per heavy atom. The van der Waals surface area contributed by atoms with E-state index >= 15 is 0 Å². The number of nitrogens with zero attached hydrogens (tertiary/aromatic N) is 1. The first-order chi connectivity index (χ1) is 11.7. The van der Waals surface area contributed by atoms with E-state index in [0.717, 1.165) is 44.1 Å². The molecule has 0 N–H and O–H groups in total. The predicted molar refractivity (Wildman–Crippen MR) is 96.0 cm³/mol. The highest BCUT2D eigenvalue weighted by molar-refractivity contribution is 5.19. The van der Waals surface area contributed by atoms with Crippen LogP contribution in [0.3, 0.4) is 0 Å². The van der Waals surface area contributed by atoms with Crippen molar-refractivity contribution in [3.63, 3.8) is 0 Å². The van der Waals surface area contributed by atoms with Crippen molar-refractivity contribution in [2.75, 3.05) is 6.61 Å². The second-order valence-corrected chi connectivity index (χ2v) is 7.56. The standard InChI is InChI=1S/C21H32FNO/c1-2-4-17-7-9-19(10-8-17)16-24-21-13-11-18(12-14-21)5-3-6-20(22)15-23/h3,5-6,17-19,21H,2,4,7-14,16H2,1H3/t17-,18?,19-,21?. The Bertz CT molecular complexity index is 449. The van der Waals surface area contributed by atoms with Gasteiger partial charge in [-0.05, 0) is 62.4 Å². The summed E-state index contributed by atoms with van der Waals surface area (Å²) in [6.45, 7) is 3.23. The van der Waals surface area contributed by atoms with Crippen LogP contribution < -0.4 is 0 Å². The lowest BCUT2D eigenvalue weighted by Crippen LogP contribution is -2.25. The minimum atomic E-state index is -0.725. The van der Waals surface area contributed by atoms with E-state index in [-0.39, 0.29) is 0 Å². The summed E-state index contributed by atoms with van der Waals surface area (Å²) in [5.41, 5.74) is 0. The summed E-state index contributed by atoms with van der Waals surface area (Å²) in [6.07, 6.45) is 18.0. The lowest BCUT2D eigenvalue weighted by atomic mass is 9.80. The molecule has 134 valence electrons. The SMILES string of the molecule is CCC[C@H]1CC[C@H](COC2CCC(C=CC=C(F)C#N)CC2)CC1. The van der Waals surface area contributed by atoms with Gasteiger partial charge in [0.25, 0.3) is 0 Å². The molecule has 2 rings (SSSR count). The first-order valence-electron chi connectivity index (χ1n) is 9.77. The third-order valence-electron chi connectivity index (χ3n) is 5.68. The van der Waals surface area contributed by atoms with Crippen LogP contribution in [0.2, 0.25) is 0 Å². The van der Waals surface area contributed by atoms with E-state index in [1.807, 2.05) is 6.08 Å². The molecule has 0 atom stereocenters. The fourth-order valence-corrected chi connectivity index (χ4v) is 4.15. The zero-order valence-electron chi connectivity index (χ0n) is 15.1. The number of hydrogen-bond donors (Lipinski definition) is 0. The van der Waals surface area contributed by atoms with Crippen molar-refractivity contribution in [3.8, 4) is 6.07 Å². The topological polar surface area (TPSA) is 33.0 Å². The molecule has 0 aromatic heterocycles. The summed E-state index contributed by atoms with van der Waals surface area (Å²) in [5.74, 6) is 1.51. The maximum Gasteiger partial charge on any atom is 0.199 e. The summed E-state index contributed by atoms with van der Waals surface area (Å²) in [4.78, 5) is 0. The van der Waals surface area contributed by atoms with E-state index < -0.39 is 5.83 Å². The van der Waals surface area contributed by atoms with E-state index in [1.165, 1.54) is 50.7 Å². The smallest absolute Gasteiger partial charge is 0.199 e. The van der Waals surface area contributed by atoms with Crippen LogP contribution in [0.1, 0.15) is 71.1 Å². The number of rotatable bonds is 7. The molecule has 24 heavy (non-hydrogen) atoms. The van der Waals surface area contributed by atoms with E-state index in [4.69, 9.17) is 10.00 Å². The van der Waals surface area contributed by atoms with Gasteiger partial charge in [0.2, 0.25) is 0 Å². The van der Waals surface area contributed by atoms with Crippen LogP contribution in [-0.4, -0.2) is 12.7 Å². The molecule has 2 aliphatic carbocycles. The fourth-order valence-electron chi connectivity index (χ4n) is 4.15. The van der Waals surface area contributed by atoms with Crippen LogP contribution in [0.25, 0.3) is 0 Å². The van der Waals surface area contributed by atoms with Crippen LogP contribution in [0.4, 0.5) is 4.39 Å². The van der Waals surface area contributed by atoms with Crippen molar-refractivity contribution in [1.82, 2.24) is 0 Å². The number of allylic oxidation sites excluding steroid dienone is 4. The minimum absolute atomic E-state index is 0.411. The van der Waals surface area contributed by atoms with Crippen molar-refractivity contribution >= 4 is 0 Å². The Morgan fingerprint density at radius 3 is 2.38 bits per heavy atom. The second kappa shape index (κ2) is 10.7. The van der Waals surface area contributed by atoms with Crippen molar-refractivity contribution in [3.05, 3.63) is 24.1 Å². The largest absolute Gasteiger partial charge is 0.378 e. The number of hydrogen-bond acceptors (Lipinski definition) is 2. The summed E-state index contributed by atoms with van der Waals surface area (Å²) in [7, 11) is 0. The van der Waals surface area contributed by atoms with E-state index in [1.54, 1.807) is 6.08 Å². The molecule has 0 heterocycles. The van der Waals surface area contributed by atoms with Gasteiger partial charge in [-0.3, -0.25) is 0 Å². The highest BCUT2D eigenvalue weighted by Crippen LogP contribution is 2.33.